The summed E-state index contributed by atoms with van der Waals surface area (Å²) in [7, 11) is 0.714. The van der Waals surface area contributed by atoms with E-state index >= 15 is 0 Å². The molecule has 34 heavy (non-hydrogen) atoms. The minimum absolute atomic E-state index is 0.0529. The predicted octanol–water partition coefficient (Wildman–Crippen LogP) is 6.83. The molecule has 1 aliphatic rings. The van der Waals surface area contributed by atoms with Crippen LogP contribution in [-0.2, 0) is 4.43 Å². The fourth-order valence-electron chi connectivity index (χ4n) is 4.49. The minimum Gasteiger partial charge on any atom is -0.400 e. The van der Waals surface area contributed by atoms with Gasteiger partial charge >= 0.3 is 0 Å². The van der Waals surface area contributed by atoms with Crippen LogP contribution >= 0.6 is 11.8 Å². The van der Waals surface area contributed by atoms with Gasteiger partial charge in [0.05, 0.1) is 17.5 Å². The van der Waals surface area contributed by atoms with Crippen molar-refractivity contribution in [2.24, 2.45) is 5.41 Å². The lowest BCUT2D eigenvalue weighted by molar-refractivity contribution is 0.0874. The van der Waals surface area contributed by atoms with Crippen molar-refractivity contribution >= 4 is 42.6 Å². The molecule has 2 nitrogen and oxygen atoms in total. The Balaban J connectivity index is 1.61. The number of nitrogens with zero attached hydrogens (tertiary/aromatic N) is 1. The van der Waals surface area contributed by atoms with E-state index in [9.17, 15) is 0 Å². The summed E-state index contributed by atoms with van der Waals surface area (Å²) in [6.07, 6.45) is -0.0529. The Hall–Kier alpha value is -2.79. The summed E-state index contributed by atoms with van der Waals surface area (Å²) in [5.74, 6) is 0. The van der Waals surface area contributed by atoms with Crippen LogP contribution in [0.2, 0.25) is 0 Å². The Morgan fingerprint density at radius 1 is 0.706 bits per heavy atom. The zero-order valence-electron chi connectivity index (χ0n) is 20.2. The van der Waals surface area contributed by atoms with Gasteiger partial charge in [-0.3, -0.25) is 0 Å². The lowest BCUT2D eigenvalue weighted by Gasteiger charge is -2.38. The van der Waals surface area contributed by atoms with Crippen LogP contribution in [0.1, 0.15) is 32.4 Å². The third kappa shape index (κ3) is 4.46. The van der Waals surface area contributed by atoms with Gasteiger partial charge in [-0.2, -0.15) is 0 Å². The highest BCUT2D eigenvalue weighted by atomic mass is 32.2. The van der Waals surface area contributed by atoms with Crippen molar-refractivity contribution in [2.75, 3.05) is 11.9 Å². The predicted molar refractivity (Wildman–Crippen MR) is 146 cm³/mol. The molecule has 1 heterocycles. The molecular weight excluding hydrogens is 450 g/mol. The topological polar surface area (TPSA) is 12.5 Å². The van der Waals surface area contributed by atoms with Crippen molar-refractivity contribution in [3.8, 4) is 0 Å². The number of hydrogen-bond donors (Lipinski definition) is 0. The highest BCUT2D eigenvalue weighted by Crippen LogP contribution is 2.52. The van der Waals surface area contributed by atoms with Crippen molar-refractivity contribution < 1.29 is 4.43 Å². The summed E-state index contributed by atoms with van der Waals surface area (Å²) in [6, 6.07) is 36.8. The molecule has 1 aliphatic heterocycles. The van der Waals surface area contributed by atoms with Crippen LogP contribution in [0.5, 0.6) is 0 Å². The molecule has 1 radical (unpaired) electrons. The van der Waals surface area contributed by atoms with Crippen molar-refractivity contribution in [3.05, 3.63) is 109 Å². The fourth-order valence-corrected chi connectivity index (χ4v) is 8.08. The van der Waals surface area contributed by atoms with Gasteiger partial charge in [0.1, 0.15) is 0 Å². The zero-order chi connectivity index (χ0) is 23.7. The van der Waals surface area contributed by atoms with Crippen molar-refractivity contribution in [2.45, 2.75) is 36.7 Å². The number of rotatable bonds is 5. The quantitative estimate of drug-likeness (QED) is 0.291. The molecule has 0 N–H and O–H groups in total. The van der Waals surface area contributed by atoms with Crippen LogP contribution in [0.25, 0.3) is 0 Å². The second-order valence-electron chi connectivity index (χ2n) is 9.75. The van der Waals surface area contributed by atoms with Gasteiger partial charge in [-0.15, -0.1) is 0 Å². The second-order valence-corrected chi connectivity index (χ2v) is 12.9. The van der Waals surface area contributed by atoms with Crippen molar-refractivity contribution in [1.29, 1.82) is 0 Å². The first-order chi connectivity index (χ1) is 16.4. The van der Waals surface area contributed by atoms with E-state index in [4.69, 9.17) is 4.43 Å². The molecule has 0 saturated heterocycles. The second kappa shape index (κ2) is 9.45. The van der Waals surface area contributed by atoms with E-state index in [-0.39, 0.29) is 11.5 Å². The van der Waals surface area contributed by atoms with Gasteiger partial charge in [0.15, 0.2) is 0 Å². The Morgan fingerprint density at radius 2 is 1.26 bits per heavy atom. The van der Waals surface area contributed by atoms with Crippen molar-refractivity contribution in [1.82, 2.24) is 0 Å². The van der Waals surface area contributed by atoms with E-state index in [0.717, 1.165) is 0 Å². The van der Waals surface area contributed by atoms with E-state index in [0.29, 0.717) is 0 Å². The maximum atomic E-state index is 7.23. The first-order valence-corrected chi connectivity index (χ1v) is 13.9. The van der Waals surface area contributed by atoms with Gasteiger partial charge in [0.25, 0.3) is 9.04 Å². The zero-order valence-corrected chi connectivity index (χ0v) is 22.0. The molecule has 0 bridgehead atoms. The van der Waals surface area contributed by atoms with Crippen LogP contribution < -0.4 is 15.3 Å². The molecule has 4 aromatic carbocycles. The monoisotopic (exact) mass is 480 g/mol. The summed E-state index contributed by atoms with van der Waals surface area (Å²) in [6.45, 7) is 6.87. The number of benzene rings is 4. The molecule has 171 valence electrons. The fraction of sp³-hybridized carbons (Fsp3) is 0.200. The smallest absolute Gasteiger partial charge is 0.283 e. The van der Waals surface area contributed by atoms with Crippen LogP contribution in [0.15, 0.2) is 113 Å². The Bertz CT molecular complexity index is 1230. The average molecular weight is 481 g/mol. The van der Waals surface area contributed by atoms with Crippen LogP contribution in [0.4, 0.5) is 11.4 Å². The molecular formula is C30H30NOSSi. The summed E-state index contributed by atoms with van der Waals surface area (Å²) in [4.78, 5) is 4.89. The minimum atomic E-state index is -1.45. The van der Waals surface area contributed by atoms with E-state index in [2.05, 4.69) is 136 Å². The highest BCUT2D eigenvalue weighted by molar-refractivity contribution is 7.99. The maximum Gasteiger partial charge on any atom is 0.283 e. The largest absolute Gasteiger partial charge is 0.400 e. The van der Waals surface area contributed by atoms with E-state index in [1.807, 2.05) is 11.8 Å². The molecule has 1 unspecified atom stereocenters. The highest BCUT2D eigenvalue weighted by Gasteiger charge is 2.36. The third-order valence-electron chi connectivity index (χ3n) is 6.20. The number of fused-ring (bicyclic) bond motifs is 2. The summed E-state index contributed by atoms with van der Waals surface area (Å²) >= 11 is 1.87. The first kappa shape index (κ1) is 23.0. The normalized spacial score (nSPS) is 14.0. The summed E-state index contributed by atoms with van der Waals surface area (Å²) in [5, 5.41) is 2.54. The Kier molecular flexibility index (Phi) is 6.39. The maximum absolute atomic E-state index is 7.23. The van der Waals surface area contributed by atoms with Crippen LogP contribution in [0, 0.1) is 5.41 Å². The average Bonchev–Trinajstić information content (AvgIpc) is 2.85. The van der Waals surface area contributed by atoms with Gasteiger partial charge in [-0.1, -0.05) is 117 Å². The third-order valence-corrected chi connectivity index (χ3v) is 9.60. The van der Waals surface area contributed by atoms with Gasteiger partial charge in [0, 0.05) is 16.8 Å². The van der Waals surface area contributed by atoms with E-state index in [1.165, 1.54) is 37.1 Å². The molecule has 4 aromatic rings. The standard InChI is InChI=1S/C30H30NOSSi/c1-30(2,3)29(32-34(22-14-7-5-8-15-22)23-16-9-6-10-17-23)24-18-13-20-26-28(24)33-27-21-12-11-19-25(27)31(26)4/h5-21,29H,1-4H3. The summed E-state index contributed by atoms with van der Waals surface area (Å²) < 4.78 is 7.23. The van der Waals surface area contributed by atoms with Gasteiger partial charge in [0.2, 0.25) is 0 Å². The van der Waals surface area contributed by atoms with Gasteiger partial charge in [-0.05, 0) is 39.6 Å². The molecule has 0 saturated carbocycles. The molecule has 0 aromatic heterocycles. The van der Waals surface area contributed by atoms with Gasteiger partial charge in [-0.25, -0.2) is 0 Å². The molecule has 1 atom stereocenters. The van der Waals surface area contributed by atoms with Crippen LogP contribution in [0.3, 0.4) is 0 Å². The summed E-state index contributed by atoms with van der Waals surface area (Å²) in [5.41, 5.74) is 3.69. The molecule has 5 rings (SSSR count). The van der Waals surface area contributed by atoms with E-state index in [1.54, 1.807) is 0 Å². The first-order valence-electron chi connectivity index (χ1n) is 11.7. The SMILES string of the molecule is CN1c2ccccc2Sc2c(C(O[Si](c3ccccc3)c3ccccc3)C(C)(C)C)cccc21. The number of para-hydroxylation sites is 1. The van der Waals surface area contributed by atoms with Gasteiger partial charge < -0.3 is 9.33 Å². The molecule has 0 spiro atoms. The lowest BCUT2D eigenvalue weighted by Crippen LogP contribution is -2.47. The molecule has 0 aliphatic carbocycles. The molecule has 0 amide bonds. The van der Waals surface area contributed by atoms with E-state index < -0.39 is 9.04 Å². The molecule has 4 heteroatoms. The number of anilines is 2. The lowest BCUT2D eigenvalue weighted by atomic mass is 9.84. The molecule has 0 fully saturated rings. The Labute approximate surface area is 209 Å². The number of hydrogen-bond acceptors (Lipinski definition) is 3. The Morgan fingerprint density at radius 3 is 1.88 bits per heavy atom. The van der Waals surface area contributed by atoms with Crippen LogP contribution in [-0.4, -0.2) is 16.1 Å². The van der Waals surface area contributed by atoms with Crippen molar-refractivity contribution in [3.63, 3.8) is 0 Å².